The van der Waals surface area contributed by atoms with Gasteiger partial charge in [0.15, 0.2) is 12.6 Å². The number of nitrogens with one attached hydrogen (secondary N) is 1. The molecule has 0 aromatic heterocycles. The van der Waals surface area contributed by atoms with Crippen LogP contribution in [0.5, 0.6) is 0 Å². The summed E-state index contributed by atoms with van der Waals surface area (Å²) < 4.78 is 22.5. The van der Waals surface area contributed by atoms with Gasteiger partial charge in [-0.25, -0.2) is 0 Å². The first-order chi connectivity index (χ1) is 18.9. The first-order valence-corrected chi connectivity index (χ1v) is 13.1. The lowest BCUT2D eigenvalue weighted by molar-refractivity contribution is -0.332. The highest BCUT2D eigenvalue weighted by Crippen LogP contribution is 2.32. The van der Waals surface area contributed by atoms with E-state index in [1.807, 2.05) is 0 Å². The molecule has 0 aromatic rings. The molecule has 16 atom stereocenters. The summed E-state index contributed by atoms with van der Waals surface area (Å²) in [5, 5.41) is 84.9. The van der Waals surface area contributed by atoms with Crippen LogP contribution in [0.4, 0.5) is 0 Å². The molecule has 2 heterocycles. The fraction of sp³-hybridized carbons (Fsp3) is 0.955. The average Bonchev–Trinajstić information content (AvgIpc) is 2.92. The molecule has 234 valence electrons. The SMILES string of the molecule is NCC[C@H](O)C(=O)N[C@H]1C[C@@H](N)[C@H](O[C@H]2O[C@@H](CN)[C@@H](O)[C@@H](O)[C@@H]2O)[C@@H](O)[C@@H]1O[C@H]1O[C@@H](CO)[C@H](O)[C@@H](N)[C@H]1O. The number of amides is 1. The molecule has 0 unspecified atom stereocenters. The number of hydrogen-bond acceptors (Lipinski definition) is 17. The fourth-order valence-electron chi connectivity index (χ4n) is 5.07. The lowest BCUT2D eigenvalue weighted by Gasteiger charge is -2.49. The average molecular weight is 586 g/mol. The van der Waals surface area contributed by atoms with E-state index >= 15 is 0 Å². The topological polar surface area (TPSA) is 332 Å². The van der Waals surface area contributed by atoms with Crippen LogP contribution in [-0.2, 0) is 23.7 Å². The Morgan fingerprint density at radius 2 is 1.45 bits per heavy atom. The molecule has 2 saturated heterocycles. The number of ether oxygens (including phenoxy) is 4. The van der Waals surface area contributed by atoms with Crippen LogP contribution in [0.15, 0.2) is 0 Å². The number of carbonyl (C=O) groups excluding carboxylic acids is 1. The van der Waals surface area contributed by atoms with Crippen molar-refractivity contribution in [1.29, 1.82) is 0 Å². The Hall–Kier alpha value is -1.17. The van der Waals surface area contributed by atoms with Crippen molar-refractivity contribution in [2.45, 2.75) is 111 Å². The number of carbonyl (C=O) groups is 1. The zero-order valence-corrected chi connectivity index (χ0v) is 21.7. The number of nitrogens with two attached hydrogens (primary N) is 4. The Balaban J connectivity index is 1.85. The van der Waals surface area contributed by atoms with Crippen LogP contribution in [0, 0.1) is 0 Å². The van der Waals surface area contributed by atoms with Gasteiger partial charge in [-0.1, -0.05) is 0 Å². The minimum absolute atomic E-state index is 0.0101. The molecule has 0 spiro atoms. The normalized spacial score (nSPS) is 47.0. The Bertz CT molecular complexity index is 815. The third-order valence-corrected chi connectivity index (χ3v) is 7.51. The maximum atomic E-state index is 12.6. The monoisotopic (exact) mass is 585 g/mol. The predicted octanol–water partition coefficient (Wildman–Crippen LogP) is -8.42. The Labute approximate surface area is 229 Å². The van der Waals surface area contributed by atoms with E-state index in [1.165, 1.54) is 0 Å². The van der Waals surface area contributed by atoms with Gasteiger partial charge < -0.3 is 88.1 Å². The summed E-state index contributed by atoms with van der Waals surface area (Å²) >= 11 is 0. The second kappa shape index (κ2) is 14.3. The molecule has 1 saturated carbocycles. The number of rotatable bonds is 10. The molecule has 0 radical (unpaired) electrons. The Kier molecular flexibility index (Phi) is 11.9. The molecule has 17 N–H and O–H groups in total. The van der Waals surface area contributed by atoms with E-state index in [0.29, 0.717) is 0 Å². The maximum absolute atomic E-state index is 12.6. The van der Waals surface area contributed by atoms with Gasteiger partial charge in [-0.15, -0.1) is 0 Å². The van der Waals surface area contributed by atoms with Crippen molar-refractivity contribution in [1.82, 2.24) is 5.32 Å². The zero-order valence-electron chi connectivity index (χ0n) is 21.7. The molecule has 1 aliphatic carbocycles. The van der Waals surface area contributed by atoms with E-state index in [0.717, 1.165) is 0 Å². The zero-order chi connectivity index (χ0) is 29.9. The summed E-state index contributed by atoms with van der Waals surface area (Å²) in [6.45, 7) is -0.898. The van der Waals surface area contributed by atoms with Gasteiger partial charge in [0.25, 0.3) is 0 Å². The molecule has 0 bridgehead atoms. The molecule has 2 aliphatic heterocycles. The van der Waals surface area contributed by atoms with Gasteiger partial charge in [-0.05, 0) is 19.4 Å². The molecule has 1 amide bonds. The number of hydrogen-bond donors (Lipinski definition) is 13. The standard InChI is InChI=1S/C22H43N5O13/c23-2-1-8(29)20(36)27-7-3-6(25)18(39-22-16(34)15(33)13(31)9(4-24)37-22)17(35)19(7)40-21-14(32)11(26)12(30)10(5-28)38-21/h6-19,21-22,28-35H,1-5,23-26H2,(H,27,36)/t6-,7+,8+,9+,10+,11-,12+,13-,14-,15-,16+,17-,18+,19-,21-,22-/m1/s1. The van der Waals surface area contributed by atoms with Crippen molar-refractivity contribution in [2.24, 2.45) is 22.9 Å². The molecule has 3 fully saturated rings. The largest absolute Gasteiger partial charge is 0.394 e. The van der Waals surface area contributed by atoms with Crippen LogP contribution in [0.3, 0.4) is 0 Å². The van der Waals surface area contributed by atoms with Crippen molar-refractivity contribution in [3.63, 3.8) is 0 Å². The lowest BCUT2D eigenvalue weighted by atomic mass is 9.83. The first-order valence-electron chi connectivity index (χ1n) is 13.1. The molecule has 18 nitrogen and oxygen atoms in total. The Morgan fingerprint density at radius 3 is 2.05 bits per heavy atom. The van der Waals surface area contributed by atoms with E-state index < -0.39 is 110 Å². The third kappa shape index (κ3) is 7.06. The van der Waals surface area contributed by atoms with Gasteiger partial charge in [0.05, 0.1) is 18.7 Å². The first kappa shape index (κ1) is 33.3. The summed E-state index contributed by atoms with van der Waals surface area (Å²) in [5.41, 5.74) is 23.1. The van der Waals surface area contributed by atoms with Crippen molar-refractivity contribution < 1.29 is 64.6 Å². The van der Waals surface area contributed by atoms with E-state index in [2.05, 4.69) is 5.32 Å². The van der Waals surface area contributed by atoms with E-state index in [9.17, 15) is 45.6 Å². The molecular formula is C22H43N5O13. The van der Waals surface area contributed by atoms with Crippen LogP contribution in [0.2, 0.25) is 0 Å². The van der Waals surface area contributed by atoms with Crippen molar-refractivity contribution >= 4 is 5.91 Å². The smallest absolute Gasteiger partial charge is 0.249 e. The molecule has 3 aliphatic rings. The van der Waals surface area contributed by atoms with Gasteiger partial charge in [0.2, 0.25) is 5.91 Å². The third-order valence-electron chi connectivity index (χ3n) is 7.51. The highest BCUT2D eigenvalue weighted by molar-refractivity contribution is 5.80. The van der Waals surface area contributed by atoms with Gasteiger partial charge in [-0.2, -0.15) is 0 Å². The quantitative estimate of drug-likeness (QED) is 0.113. The second-order valence-corrected chi connectivity index (χ2v) is 10.3. The number of aliphatic hydroxyl groups excluding tert-OH is 8. The summed E-state index contributed by atoms with van der Waals surface area (Å²) in [6, 6.07) is -3.45. The molecular weight excluding hydrogens is 542 g/mol. The molecule has 18 heteroatoms. The minimum atomic E-state index is -1.76. The van der Waals surface area contributed by atoms with Crippen molar-refractivity contribution in [3.8, 4) is 0 Å². The van der Waals surface area contributed by atoms with E-state index in [-0.39, 0.29) is 25.9 Å². The fourth-order valence-corrected chi connectivity index (χ4v) is 5.07. The number of aliphatic hydroxyl groups is 8. The van der Waals surface area contributed by atoms with Crippen LogP contribution < -0.4 is 28.3 Å². The van der Waals surface area contributed by atoms with Crippen LogP contribution in [0.1, 0.15) is 12.8 Å². The van der Waals surface area contributed by atoms with Crippen LogP contribution in [-0.4, -0.2) is 164 Å². The molecule has 40 heavy (non-hydrogen) atoms. The van der Waals surface area contributed by atoms with Crippen LogP contribution >= 0.6 is 0 Å². The summed E-state index contributed by atoms with van der Waals surface area (Å²) in [5.74, 6) is -0.845. The summed E-state index contributed by atoms with van der Waals surface area (Å²) in [4.78, 5) is 12.6. The second-order valence-electron chi connectivity index (χ2n) is 10.3. The lowest BCUT2D eigenvalue weighted by Crippen LogP contribution is -2.69. The summed E-state index contributed by atoms with van der Waals surface area (Å²) in [7, 11) is 0. The highest BCUT2D eigenvalue weighted by Gasteiger charge is 2.52. The Morgan fingerprint density at radius 1 is 0.850 bits per heavy atom. The van der Waals surface area contributed by atoms with Gasteiger partial charge in [-0.3, -0.25) is 4.79 Å². The van der Waals surface area contributed by atoms with Crippen molar-refractivity contribution in [2.75, 3.05) is 19.7 Å². The highest BCUT2D eigenvalue weighted by atomic mass is 16.7. The van der Waals surface area contributed by atoms with E-state index in [1.54, 1.807) is 0 Å². The maximum Gasteiger partial charge on any atom is 0.249 e. The minimum Gasteiger partial charge on any atom is -0.394 e. The van der Waals surface area contributed by atoms with E-state index in [4.69, 9.17) is 41.9 Å². The van der Waals surface area contributed by atoms with Crippen LogP contribution in [0.25, 0.3) is 0 Å². The van der Waals surface area contributed by atoms with Gasteiger partial charge in [0, 0.05) is 12.6 Å². The van der Waals surface area contributed by atoms with Crippen molar-refractivity contribution in [3.05, 3.63) is 0 Å². The predicted molar refractivity (Wildman–Crippen MR) is 131 cm³/mol. The summed E-state index contributed by atoms with van der Waals surface area (Å²) in [6.07, 6.45) is -19.8. The molecule has 3 rings (SSSR count). The molecule has 0 aromatic carbocycles. The van der Waals surface area contributed by atoms with Gasteiger partial charge >= 0.3 is 0 Å². The van der Waals surface area contributed by atoms with Gasteiger partial charge in [0.1, 0.15) is 67.1 Å².